The van der Waals surface area contributed by atoms with Crippen molar-refractivity contribution in [1.29, 1.82) is 0 Å². The lowest BCUT2D eigenvalue weighted by molar-refractivity contribution is 0.0650. The molecule has 0 radical (unpaired) electrons. The highest BCUT2D eigenvalue weighted by molar-refractivity contribution is 4.66. The van der Waals surface area contributed by atoms with Gasteiger partial charge >= 0.3 is 0 Å². The van der Waals surface area contributed by atoms with E-state index in [9.17, 15) is 0 Å². The van der Waals surface area contributed by atoms with E-state index in [1.54, 1.807) is 0 Å². The van der Waals surface area contributed by atoms with E-state index in [2.05, 4.69) is 17.9 Å². The molecule has 0 saturated carbocycles. The zero-order valence-electron chi connectivity index (χ0n) is 9.94. The Morgan fingerprint density at radius 1 is 0.750 bits per heavy atom. The summed E-state index contributed by atoms with van der Waals surface area (Å²) >= 11 is 0. The fourth-order valence-corrected chi connectivity index (χ4v) is 0.667. The Morgan fingerprint density at radius 2 is 1.12 bits per heavy atom. The van der Waals surface area contributed by atoms with Crippen LogP contribution in [-0.2, 0) is 9.47 Å². The maximum absolute atomic E-state index is 8.09. The van der Waals surface area contributed by atoms with E-state index < -0.39 is 0 Å². The summed E-state index contributed by atoms with van der Waals surface area (Å²) in [5.41, 5.74) is 0. The maximum Gasteiger partial charge on any atom is 0.0698 e. The van der Waals surface area contributed by atoms with Crippen LogP contribution in [0.4, 0.5) is 0 Å². The van der Waals surface area contributed by atoms with Crippen molar-refractivity contribution < 1.29 is 19.7 Å². The average molecular weight is 232 g/mol. The van der Waals surface area contributed by atoms with Gasteiger partial charge < -0.3 is 19.7 Å². The molecule has 16 heavy (non-hydrogen) atoms. The van der Waals surface area contributed by atoms with Crippen LogP contribution >= 0.6 is 0 Å². The first-order valence-electron chi connectivity index (χ1n) is 5.42. The highest BCUT2D eigenvalue weighted by Crippen LogP contribution is 1.85. The monoisotopic (exact) mass is 232 g/mol. The van der Waals surface area contributed by atoms with Crippen LogP contribution < -0.4 is 0 Å². The third-order valence-corrected chi connectivity index (χ3v) is 1.40. The molecule has 0 aromatic heterocycles. The van der Waals surface area contributed by atoms with Gasteiger partial charge in [-0.15, -0.1) is 13.2 Å². The largest absolute Gasteiger partial charge is 0.394 e. The van der Waals surface area contributed by atoms with Crippen LogP contribution in [0.5, 0.6) is 0 Å². The molecule has 0 spiro atoms. The van der Waals surface area contributed by atoms with Crippen molar-refractivity contribution in [3.63, 3.8) is 0 Å². The minimum Gasteiger partial charge on any atom is -0.394 e. The Kier molecular flexibility index (Phi) is 21.9. The van der Waals surface area contributed by atoms with Gasteiger partial charge in [0.2, 0.25) is 0 Å². The van der Waals surface area contributed by atoms with E-state index >= 15 is 0 Å². The minimum atomic E-state index is 0.0278. The topological polar surface area (TPSA) is 58.9 Å². The van der Waals surface area contributed by atoms with Gasteiger partial charge in [0.1, 0.15) is 0 Å². The number of aliphatic hydroxyl groups excluding tert-OH is 2. The first kappa shape index (κ1) is 17.7. The summed E-state index contributed by atoms with van der Waals surface area (Å²) in [6, 6.07) is 0. The molecule has 0 unspecified atom stereocenters. The second-order valence-corrected chi connectivity index (χ2v) is 2.83. The van der Waals surface area contributed by atoms with E-state index in [1.807, 2.05) is 12.2 Å². The SMILES string of the molecule is C=CCCOCCC=C.OCCOCCO. The van der Waals surface area contributed by atoms with E-state index in [-0.39, 0.29) is 13.2 Å². The summed E-state index contributed by atoms with van der Waals surface area (Å²) in [5.74, 6) is 0. The van der Waals surface area contributed by atoms with E-state index in [0.29, 0.717) is 13.2 Å². The lowest BCUT2D eigenvalue weighted by atomic mass is 10.4. The maximum atomic E-state index is 8.09. The van der Waals surface area contributed by atoms with Crippen LogP contribution in [0.15, 0.2) is 25.3 Å². The zero-order valence-corrected chi connectivity index (χ0v) is 9.94. The zero-order chi connectivity index (χ0) is 12.5. The van der Waals surface area contributed by atoms with Gasteiger partial charge in [0.15, 0.2) is 0 Å². The average Bonchev–Trinajstić information content (AvgIpc) is 2.31. The van der Waals surface area contributed by atoms with Crippen LogP contribution in [0.3, 0.4) is 0 Å². The van der Waals surface area contributed by atoms with Gasteiger partial charge in [-0.05, 0) is 12.8 Å². The Hall–Kier alpha value is -0.680. The summed E-state index contributed by atoms with van der Waals surface area (Å²) in [7, 11) is 0. The molecule has 0 fully saturated rings. The number of rotatable bonds is 10. The third kappa shape index (κ3) is 23.3. The highest BCUT2D eigenvalue weighted by atomic mass is 16.5. The van der Waals surface area contributed by atoms with Gasteiger partial charge in [-0.1, -0.05) is 12.2 Å². The van der Waals surface area contributed by atoms with Gasteiger partial charge in [0.05, 0.1) is 39.6 Å². The molecule has 0 aromatic rings. The first-order chi connectivity index (χ1) is 7.83. The number of hydrogen-bond acceptors (Lipinski definition) is 4. The van der Waals surface area contributed by atoms with Crippen LogP contribution in [0.25, 0.3) is 0 Å². The molecule has 0 atom stereocenters. The van der Waals surface area contributed by atoms with Crippen LogP contribution in [-0.4, -0.2) is 49.9 Å². The molecule has 4 nitrogen and oxygen atoms in total. The summed E-state index contributed by atoms with van der Waals surface area (Å²) in [6.07, 6.45) is 5.59. The molecule has 0 aliphatic carbocycles. The third-order valence-electron chi connectivity index (χ3n) is 1.40. The first-order valence-corrected chi connectivity index (χ1v) is 5.42. The van der Waals surface area contributed by atoms with Gasteiger partial charge in [-0.25, -0.2) is 0 Å². The summed E-state index contributed by atoms with van der Waals surface area (Å²) in [5, 5.41) is 16.2. The molecule has 4 heteroatoms. The predicted octanol–water partition coefficient (Wildman–Crippen LogP) is 1.14. The lowest BCUT2D eigenvalue weighted by Gasteiger charge is -1.96. The van der Waals surface area contributed by atoms with E-state index in [4.69, 9.17) is 14.9 Å². The molecule has 0 heterocycles. The van der Waals surface area contributed by atoms with Crippen LogP contribution in [0, 0.1) is 0 Å². The summed E-state index contributed by atoms with van der Waals surface area (Å²) in [4.78, 5) is 0. The van der Waals surface area contributed by atoms with Gasteiger partial charge in [-0.3, -0.25) is 0 Å². The molecule has 0 rings (SSSR count). The quantitative estimate of drug-likeness (QED) is 0.438. The molecule has 0 amide bonds. The molecule has 2 N–H and O–H groups in total. The Labute approximate surface area is 98.2 Å². The molecule has 0 aliphatic heterocycles. The molecule has 0 aliphatic rings. The normalized spacial score (nSPS) is 9.12. The van der Waals surface area contributed by atoms with Gasteiger partial charge in [0.25, 0.3) is 0 Å². The van der Waals surface area contributed by atoms with Crippen molar-refractivity contribution in [2.45, 2.75) is 12.8 Å². The molecule has 0 aromatic carbocycles. The molecule has 0 saturated heterocycles. The van der Waals surface area contributed by atoms with Crippen LogP contribution in [0.2, 0.25) is 0 Å². The van der Waals surface area contributed by atoms with Crippen LogP contribution in [0.1, 0.15) is 12.8 Å². The summed E-state index contributed by atoms with van der Waals surface area (Å²) < 4.78 is 9.80. The van der Waals surface area contributed by atoms with Crippen molar-refractivity contribution in [3.8, 4) is 0 Å². The van der Waals surface area contributed by atoms with Crippen molar-refractivity contribution in [2.75, 3.05) is 39.6 Å². The van der Waals surface area contributed by atoms with Gasteiger partial charge in [0, 0.05) is 0 Å². The molecule has 96 valence electrons. The molecule has 0 bridgehead atoms. The van der Waals surface area contributed by atoms with Crippen molar-refractivity contribution in [1.82, 2.24) is 0 Å². The lowest BCUT2D eigenvalue weighted by Crippen LogP contribution is -2.03. The van der Waals surface area contributed by atoms with Gasteiger partial charge in [-0.2, -0.15) is 0 Å². The second-order valence-electron chi connectivity index (χ2n) is 2.83. The fourth-order valence-electron chi connectivity index (χ4n) is 0.667. The van der Waals surface area contributed by atoms with Crippen molar-refractivity contribution in [2.24, 2.45) is 0 Å². The number of ether oxygens (including phenoxy) is 2. The number of hydrogen-bond donors (Lipinski definition) is 2. The Bertz CT molecular complexity index is 123. The number of aliphatic hydroxyl groups is 2. The molecular weight excluding hydrogens is 208 g/mol. The predicted molar refractivity (Wildman–Crippen MR) is 65.4 cm³/mol. The second kappa shape index (κ2) is 19.8. The molecular formula is C12H24O4. The summed E-state index contributed by atoms with van der Waals surface area (Å²) in [6.45, 7) is 9.43. The minimum absolute atomic E-state index is 0.0278. The highest BCUT2D eigenvalue weighted by Gasteiger charge is 1.81. The van der Waals surface area contributed by atoms with E-state index in [0.717, 1.165) is 26.1 Å². The smallest absolute Gasteiger partial charge is 0.0698 e. The van der Waals surface area contributed by atoms with E-state index in [1.165, 1.54) is 0 Å². The Morgan fingerprint density at radius 3 is 1.44 bits per heavy atom. The standard InChI is InChI=1S/C8H14O.C4H10O3/c1-3-5-7-9-8-6-4-2;5-1-3-7-4-2-6/h3-4H,1-2,5-8H2;5-6H,1-4H2. The van der Waals surface area contributed by atoms with Crippen molar-refractivity contribution in [3.05, 3.63) is 25.3 Å². The fraction of sp³-hybridized carbons (Fsp3) is 0.667. The van der Waals surface area contributed by atoms with Crippen molar-refractivity contribution >= 4 is 0 Å². The Balaban J connectivity index is 0.